The Kier molecular flexibility index (Phi) is 10.6. The number of methoxy groups -OCH3 is 1. The number of carboxylic acids is 1. The van der Waals surface area contributed by atoms with E-state index < -0.39 is 17.5 Å². The van der Waals surface area contributed by atoms with E-state index in [4.69, 9.17) is 18.9 Å². The molecular formula is C30H42N2O7. The monoisotopic (exact) mass is 542 g/mol. The molecule has 214 valence electrons. The van der Waals surface area contributed by atoms with Crippen LogP contribution in [0.25, 0.3) is 0 Å². The molecule has 9 nitrogen and oxygen atoms in total. The minimum Gasteiger partial charge on any atom is -0.493 e. The van der Waals surface area contributed by atoms with Gasteiger partial charge in [0.1, 0.15) is 17.0 Å². The summed E-state index contributed by atoms with van der Waals surface area (Å²) in [6.07, 6.45) is 0.0662. The van der Waals surface area contributed by atoms with Gasteiger partial charge in [-0.05, 0) is 57.4 Å². The van der Waals surface area contributed by atoms with Crippen molar-refractivity contribution in [3.8, 4) is 11.5 Å². The fraction of sp³-hybridized carbons (Fsp3) is 0.533. The van der Waals surface area contributed by atoms with Gasteiger partial charge in [0.15, 0.2) is 0 Å². The minimum absolute atomic E-state index is 0.161. The first-order valence-corrected chi connectivity index (χ1v) is 13.5. The van der Waals surface area contributed by atoms with Gasteiger partial charge in [0.2, 0.25) is 0 Å². The van der Waals surface area contributed by atoms with Crippen LogP contribution < -0.4 is 14.8 Å². The van der Waals surface area contributed by atoms with Crippen LogP contribution in [0.1, 0.15) is 62.0 Å². The molecule has 2 N–H and O–H groups in total. The molecule has 2 amide bonds. The number of ether oxygens (including phenoxy) is 4. The van der Waals surface area contributed by atoms with Crippen LogP contribution in [0.15, 0.2) is 36.4 Å². The quantitative estimate of drug-likeness (QED) is 0.345. The average molecular weight is 543 g/mol. The van der Waals surface area contributed by atoms with Gasteiger partial charge >= 0.3 is 12.0 Å². The van der Waals surface area contributed by atoms with Crippen molar-refractivity contribution in [2.45, 2.75) is 71.8 Å². The Morgan fingerprint density at radius 1 is 1.10 bits per heavy atom. The van der Waals surface area contributed by atoms with Gasteiger partial charge in [0, 0.05) is 38.6 Å². The smallest absolute Gasteiger partial charge is 0.329 e. The SMILES string of the molecule is CCOc1cc(CN(CCO[C@@H](C)c2ccccc2)C(=O)NC2(C(=O)O)CC(OC)C2)c(C)c(OCC)c1C. The number of rotatable bonds is 14. The number of carboxylic acid groups (broad SMARTS) is 1. The molecule has 1 saturated carbocycles. The second kappa shape index (κ2) is 13.7. The highest BCUT2D eigenvalue weighted by molar-refractivity contribution is 5.87. The Morgan fingerprint density at radius 2 is 1.77 bits per heavy atom. The van der Waals surface area contributed by atoms with Gasteiger partial charge in [-0.25, -0.2) is 9.59 Å². The lowest BCUT2D eigenvalue weighted by Crippen LogP contribution is -2.66. The lowest BCUT2D eigenvalue weighted by molar-refractivity contribution is -0.155. The van der Waals surface area contributed by atoms with Gasteiger partial charge in [-0.1, -0.05) is 30.3 Å². The van der Waals surface area contributed by atoms with Crippen LogP contribution in [0.5, 0.6) is 11.5 Å². The normalized spacial score (nSPS) is 19.1. The highest BCUT2D eigenvalue weighted by Crippen LogP contribution is 2.36. The summed E-state index contributed by atoms with van der Waals surface area (Å²) in [5.74, 6) is 0.360. The van der Waals surface area contributed by atoms with E-state index in [0.717, 1.165) is 28.0 Å². The molecule has 0 aromatic heterocycles. The van der Waals surface area contributed by atoms with Gasteiger partial charge < -0.3 is 34.3 Å². The molecule has 0 saturated heterocycles. The Labute approximate surface area is 231 Å². The molecular weight excluding hydrogens is 500 g/mol. The molecule has 9 heteroatoms. The van der Waals surface area contributed by atoms with Crippen molar-refractivity contribution in [2.75, 3.05) is 33.5 Å². The zero-order valence-corrected chi connectivity index (χ0v) is 23.9. The first-order valence-electron chi connectivity index (χ1n) is 13.5. The first-order chi connectivity index (χ1) is 18.7. The van der Waals surface area contributed by atoms with Crippen molar-refractivity contribution in [2.24, 2.45) is 0 Å². The van der Waals surface area contributed by atoms with Gasteiger partial charge in [-0.2, -0.15) is 0 Å². The van der Waals surface area contributed by atoms with Crippen LogP contribution >= 0.6 is 0 Å². The summed E-state index contributed by atoms with van der Waals surface area (Å²) >= 11 is 0. The number of urea groups is 1. The third kappa shape index (κ3) is 7.22. The Bertz CT molecular complexity index is 1120. The van der Waals surface area contributed by atoms with Gasteiger partial charge in [-0.15, -0.1) is 0 Å². The molecule has 1 atom stereocenters. The molecule has 2 aromatic carbocycles. The fourth-order valence-corrected chi connectivity index (χ4v) is 4.86. The molecule has 0 bridgehead atoms. The van der Waals surface area contributed by atoms with Crippen molar-refractivity contribution in [3.63, 3.8) is 0 Å². The van der Waals surface area contributed by atoms with E-state index in [9.17, 15) is 14.7 Å². The highest BCUT2D eigenvalue weighted by Gasteiger charge is 2.52. The minimum atomic E-state index is -1.36. The van der Waals surface area contributed by atoms with Crippen molar-refractivity contribution in [1.29, 1.82) is 0 Å². The number of hydrogen-bond donors (Lipinski definition) is 2. The molecule has 0 radical (unpaired) electrons. The lowest BCUT2D eigenvalue weighted by Gasteiger charge is -2.44. The summed E-state index contributed by atoms with van der Waals surface area (Å²) in [6, 6.07) is 11.3. The van der Waals surface area contributed by atoms with Crippen LogP contribution in [-0.2, 0) is 20.8 Å². The maximum absolute atomic E-state index is 13.6. The number of nitrogens with zero attached hydrogens (tertiary/aromatic N) is 1. The van der Waals surface area contributed by atoms with E-state index in [1.807, 2.05) is 71.0 Å². The second-order valence-corrected chi connectivity index (χ2v) is 9.91. The second-order valence-electron chi connectivity index (χ2n) is 9.91. The number of aliphatic carboxylic acids is 1. The summed E-state index contributed by atoms with van der Waals surface area (Å²) < 4.78 is 23.2. The number of carbonyl (C=O) groups excluding carboxylic acids is 1. The summed E-state index contributed by atoms with van der Waals surface area (Å²) in [6.45, 7) is 11.5. The van der Waals surface area contributed by atoms with Gasteiger partial charge in [0.25, 0.3) is 0 Å². The molecule has 39 heavy (non-hydrogen) atoms. The zero-order chi connectivity index (χ0) is 28.6. The maximum Gasteiger partial charge on any atom is 0.329 e. The number of nitrogens with one attached hydrogen (secondary N) is 1. The van der Waals surface area contributed by atoms with Gasteiger partial charge in [0.05, 0.1) is 32.0 Å². The number of carbonyl (C=O) groups is 2. The predicted molar refractivity (Wildman–Crippen MR) is 148 cm³/mol. The Balaban J connectivity index is 1.85. The van der Waals surface area contributed by atoms with Crippen LogP contribution in [0, 0.1) is 13.8 Å². The highest BCUT2D eigenvalue weighted by atomic mass is 16.5. The van der Waals surface area contributed by atoms with E-state index in [2.05, 4.69) is 5.32 Å². The third-order valence-corrected chi connectivity index (χ3v) is 7.31. The average Bonchev–Trinajstić information content (AvgIpc) is 2.90. The summed E-state index contributed by atoms with van der Waals surface area (Å²) in [7, 11) is 1.54. The van der Waals surface area contributed by atoms with E-state index in [-0.39, 0.29) is 44.7 Å². The predicted octanol–water partition coefficient (Wildman–Crippen LogP) is 5.02. The molecule has 0 aliphatic heterocycles. The largest absolute Gasteiger partial charge is 0.493 e. The maximum atomic E-state index is 13.6. The molecule has 3 rings (SSSR count). The van der Waals surface area contributed by atoms with Crippen LogP contribution in [-0.4, -0.2) is 67.1 Å². The molecule has 1 fully saturated rings. The number of hydrogen-bond acceptors (Lipinski definition) is 6. The molecule has 0 heterocycles. The fourth-order valence-electron chi connectivity index (χ4n) is 4.86. The zero-order valence-electron chi connectivity index (χ0n) is 23.9. The van der Waals surface area contributed by atoms with E-state index in [1.54, 1.807) is 12.0 Å². The first kappa shape index (κ1) is 30.2. The molecule has 0 unspecified atom stereocenters. The van der Waals surface area contributed by atoms with Crippen molar-refractivity contribution >= 4 is 12.0 Å². The van der Waals surface area contributed by atoms with Crippen LogP contribution in [0.2, 0.25) is 0 Å². The summed E-state index contributed by atoms with van der Waals surface area (Å²) in [5, 5.41) is 12.7. The van der Waals surface area contributed by atoms with Gasteiger partial charge in [-0.3, -0.25) is 0 Å². The molecule has 1 aliphatic rings. The van der Waals surface area contributed by atoms with Crippen LogP contribution in [0.4, 0.5) is 4.79 Å². The summed E-state index contributed by atoms with van der Waals surface area (Å²) in [5.41, 5.74) is 2.34. The number of benzene rings is 2. The lowest BCUT2D eigenvalue weighted by atomic mass is 9.74. The topological polar surface area (TPSA) is 107 Å². The van der Waals surface area contributed by atoms with Crippen molar-refractivity contribution in [1.82, 2.24) is 10.2 Å². The van der Waals surface area contributed by atoms with E-state index >= 15 is 0 Å². The van der Waals surface area contributed by atoms with E-state index in [0.29, 0.717) is 19.0 Å². The molecule has 1 aliphatic carbocycles. The van der Waals surface area contributed by atoms with Crippen molar-refractivity contribution < 1.29 is 33.6 Å². The third-order valence-electron chi connectivity index (χ3n) is 7.31. The standard InChI is InChI=1S/C30H42N2O7/c1-7-37-26-16-24(20(3)27(21(26)4)38-8-2)19-32(14-15-39-22(5)23-12-10-9-11-13-23)29(35)31-30(28(33)34)17-25(18-30)36-6/h9-13,16,22,25H,7-8,14-15,17-19H2,1-6H3,(H,31,35)(H,33,34)/t22-,25?,30?/m0/s1. The Morgan fingerprint density at radius 3 is 2.36 bits per heavy atom. The molecule has 0 spiro atoms. The Hall–Kier alpha value is -3.30. The number of amides is 2. The summed E-state index contributed by atoms with van der Waals surface area (Å²) in [4.78, 5) is 27.3. The van der Waals surface area contributed by atoms with Crippen LogP contribution in [0.3, 0.4) is 0 Å². The van der Waals surface area contributed by atoms with Crippen molar-refractivity contribution in [3.05, 3.63) is 58.7 Å². The van der Waals surface area contributed by atoms with E-state index in [1.165, 1.54) is 0 Å². The molecule has 2 aromatic rings.